The number of carbonyl (C=O) groups excluding carboxylic acids is 3. The number of hydrogen-bond acceptors (Lipinski definition) is 3. The molecule has 1 N–H and O–H groups in total. The summed E-state index contributed by atoms with van der Waals surface area (Å²) in [7, 11) is 0. The SMILES string of the molecule is O=C1CCCC[C@H]1[C@H]1CCCCCN1C(=O)c1cccc(N2CCCNC2=O)c1. The van der Waals surface area contributed by atoms with Gasteiger partial charge in [-0.3, -0.25) is 14.5 Å². The molecule has 2 saturated heterocycles. The lowest BCUT2D eigenvalue weighted by Crippen LogP contribution is -2.48. The monoisotopic (exact) mass is 397 g/mol. The first-order valence-corrected chi connectivity index (χ1v) is 11.1. The normalized spacial score (nSPS) is 26.1. The van der Waals surface area contributed by atoms with Crippen molar-refractivity contribution in [1.29, 1.82) is 0 Å². The van der Waals surface area contributed by atoms with E-state index in [2.05, 4.69) is 5.32 Å². The van der Waals surface area contributed by atoms with Crippen molar-refractivity contribution in [3.8, 4) is 0 Å². The summed E-state index contributed by atoms with van der Waals surface area (Å²) in [5, 5.41) is 2.86. The van der Waals surface area contributed by atoms with Gasteiger partial charge in [0.2, 0.25) is 0 Å². The molecular weight excluding hydrogens is 366 g/mol. The molecule has 2 atom stereocenters. The van der Waals surface area contributed by atoms with E-state index in [0.717, 1.165) is 57.1 Å². The van der Waals surface area contributed by atoms with Crippen LogP contribution in [0, 0.1) is 5.92 Å². The molecule has 1 aromatic carbocycles. The van der Waals surface area contributed by atoms with Crippen LogP contribution in [0.5, 0.6) is 0 Å². The summed E-state index contributed by atoms with van der Waals surface area (Å²) < 4.78 is 0. The Morgan fingerprint density at radius 1 is 0.966 bits per heavy atom. The lowest BCUT2D eigenvalue weighted by Gasteiger charge is -2.37. The highest BCUT2D eigenvalue weighted by Gasteiger charge is 2.37. The van der Waals surface area contributed by atoms with Crippen LogP contribution >= 0.6 is 0 Å². The van der Waals surface area contributed by atoms with E-state index in [-0.39, 0.29) is 23.9 Å². The third-order valence-electron chi connectivity index (χ3n) is 6.61. The van der Waals surface area contributed by atoms with Gasteiger partial charge in [0.1, 0.15) is 5.78 Å². The molecule has 156 valence electrons. The summed E-state index contributed by atoms with van der Waals surface area (Å²) in [4.78, 5) is 42.0. The average molecular weight is 398 g/mol. The van der Waals surface area contributed by atoms with Crippen LogP contribution in [-0.4, -0.2) is 48.3 Å². The van der Waals surface area contributed by atoms with Gasteiger partial charge >= 0.3 is 6.03 Å². The molecule has 1 saturated carbocycles. The van der Waals surface area contributed by atoms with Crippen molar-refractivity contribution in [1.82, 2.24) is 10.2 Å². The van der Waals surface area contributed by atoms with Gasteiger partial charge < -0.3 is 10.2 Å². The van der Waals surface area contributed by atoms with Crippen LogP contribution in [0.2, 0.25) is 0 Å². The topological polar surface area (TPSA) is 69.7 Å². The Labute approximate surface area is 172 Å². The standard InChI is InChI=1S/C23H31N3O3/c27-21-12-4-3-10-19(21)20-11-2-1-5-14-26(20)22(28)17-8-6-9-18(16-17)25-15-7-13-24-23(25)29/h6,8-9,16,19-20H,1-5,7,10-15H2,(H,24,29)/t19-,20+/m0/s1. The van der Waals surface area contributed by atoms with Crippen molar-refractivity contribution in [2.24, 2.45) is 5.92 Å². The number of ketones is 1. The molecule has 0 unspecified atom stereocenters. The predicted octanol–water partition coefficient (Wildman–Crippen LogP) is 3.75. The zero-order valence-corrected chi connectivity index (χ0v) is 17.1. The van der Waals surface area contributed by atoms with Crippen molar-refractivity contribution in [3.05, 3.63) is 29.8 Å². The van der Waals surface area contributed by atoms with Gasteiger partial charge in [0.05, 0.1) is 0 Å². The highest BCUT2D eigenvalue weighted by atomic mass is 16.2. The molecule has 6 heteroatoms. The van der Waals surface area contributed by atoms with Crippen molar-refractivity contribution < 1.29 is 14.4 Å². The molecule has 2 heterocycles. The molecule has 0 spiro atoms. The maximum Gasteiger partial charge on any atom is 0.321 e. The number of nitrogens with zero attached hydrogens (tertiary/aromatic N) is 2. The summed E-state index contributed by atoms with van der Waals surface area (Å²) in [5.74, 6) is 0.316. The second kappa shape index (κ2) is 8.97. The number of benzene rings is 1. The van der Waals surface area contributed by atoms with Gasteiger partial charge in [0, 0.05) is 49.3 Å². The molecule has 6 nitrogen and oxygen atoms in total. The van der Waals surface area contributed by atoms with Crippen LogP contribution in [0.25, 0.3) is 0 Å². The first-order valence-electron chi connectivity index (χ1n) is 11.1. The van der Waals surface area contributed by atoms with Crippen molar-refractivity contribution >= 4 is 23.4 Å². The van der Waals surface area contributed by atoms with E-state index in [1.807, 2.05) is 29.2 Å². The number of anilines is 1. The number of nitrogens with one attached hydrogen (secondary N) is 1. The minimum atomic E-state index is -0.110. The largest absolute Gasteiger partial charge is 0.338 e. The van der Waals surface area contributed by atoms with E-state index >= 15 is 0 Å². The van der Waals surface area contributed by atoms with Crippen LogP contribution in [0.15, 0.2) is 24.3 Å². The van der Waals surface area contributed by atoms with Gasteiger partial charge in [-0.1, -0.05) is 25.3 Å². The fourth-order valence-electron chi connectivity index (χ4n) is 5.07. The Morgan fingerprint density at radius 3 is 2.66 bits per heavy atom. The quantitative estimate of drug-likeness (QED) is 0.844. The first kappa shape index (κ1) is 19.9. The average Bonchev–Trinajstić information content (AvgIpc) is 3.00. The minimum Gasteiger partial charge on any atom is -0.338 e. The minimum absolute atomic E-state index is 0.00505. The van der Waals surface area contributed by atoms with Crippen LogP contribution in [-0.2, 0) is 4.79 Å². The predicted molar refractivity (Wildman–Crippen MR) is 112 cm³/mol. The number of amides is 3. The van der Waals surface area contributed by atoms with Crippen LogP contribution < -0.4 is 10.2 Å². The lowest BCUT2D eigenvalue weighted by atomic mass is 9.80. The van der Waals surface area contributed by atoms with E-state index in [4.69, 9.17) is 0 Å². The zero-order valence-electron chi connectivity index (χ0n) is 17.1. The molecule has 0 radical (unpaired) electrons. The molecule has 4 rings (SSSR count). The molecular formula is C23H31N3O3. The van der Waals surface area contributed by atoms with E-state index in [1.54, 1.807) is 4.90 Å². The molecule has 3 amide bonds. The van der Waals surface area contributed by atoms with Gasteiger partial charge in [0.25, 0.3) is 5.91 Å². The van der Waals surface area contributed by atoms with Crippen LogP contribution in [0.4, 0.5) is 10.5 Å². The van der Waals surface area contributed by atoms with Gasteiger partial charge in [-0.05, 0) is 50.3 Å². The third kappa shape index (κ3) is 4.31. The number of hydrogen-bond donors (Lipinski definition) is 1. The molecule has 3 aliphatic rings. The highest BCUT2D eigenvalue weighted by molar-refractivity contribution is 5.98. The summed E-state index contributed by atoms with van der Waals surface area (Å²) >= 11 is 0. The van der Waals surface area contributed by atoms with Crippen LogP contribution in [0.3, 0.4) is 0 Å². The molecule has 1 aliphatic carbocycles. The smallest absolute Gasteiger partial charge is 0.321 e. The second-order valence-electron chi connectivity index (χ2n) is 8.52. The fraction of sp³-hybridized carbons (Fsp3) is 0.609. The molecule has 2 aliphatic heterocycles. The third-order valence-corrected chi connectivity index (χ3v) is 6.61. The van der Waals surface area contributed by atoms with E-state index in [9.17, 15) is 14.4 Å². The fourth-order valence-corrected chi connectivity index (χ4v) is 5.07. The van der Waals surface area contributed by atoms with Crippen molar-refractivity contribution in [3.63, 3.8) is 0 Å². The Kier molecular flexibility index (Phi) is 6.16. The van der Waals surface area contributed by atoms with Gasteiger partial charge in [-0.25, -0.2) is 4.79 Å². The second-order valence-corrected chi connectivity index (χ2v) is 8.52. The number of rotatable bonds is 3. The number of likely N-dealkylation sites (tertiary alicyclic amines) is 1. The summed E-state index contributed by atoms with van der Waals surface area (Å²) in [6.45, 7) is 2.06. The molecule has 3 fully saturated rings. The van der Waals surface area contributed by atoms with Gasteiger partial charge in [-0.2, -0.15) is 0 Å². The Morgan fingerprint density at radius 2 is 1.83 bits per heavy atom. The maximum atomic E-state index is 13.5. The molecule has 29 heavy (non-hydrogen) atoms. The maximum absolute atomic E-state index is 13.5. The van der Waals surface area contributed by atoms with E-state index in [1.165, 1.54) is 0 Å². The van der Waals surface area contributed by atoms with Crippen molar-refractivity contribution in [2.75, 3.05) is 24.5 Å². The Balaban J connectivity index is 1.58. The summed E-state index contributed by atoms with van der Waals surface area (Å²) in [6.07, 6.45) is 8.59. The molecule has 1 aromatic rings. The van der Waals surface area contributed by atoms with Gasteiger partial charge in [0.15, 0.2) is 0 Å². The lowest BCUT2D eigenvalue weighted by molar-refractivity contribution is -0.126. The number of Topliss-reactive ketones (excluding diaryl/α,β-unsaturated/α-hetero) is 1. The molecule has 0 aromatic heterocycles. The summed E-state index contributed by atoms with van der Waals surface area (Å²) in [6, 6.07) is 7.30. The first-order chi connectivity index (χ1) is 14.1. The Bertz CT molecular complexity index is 778. The Hall–Kier alpha value is -2.37. The summed E-state index contributed by atoms with van der Waals surface area (Å²) in [5.41, 5.74) is 1.36. The van der Waals surface area contributed by atoms with E-state index < -0.39 is 0 Å². The number of carbonyl (C=O) groups is 3. The highest BCUT2D eigenvalue weighted by Crippen LogP contribution is 2.32. The number of urea groups is 1. The van der Waals surface area contributed by atoms with E-state index in [0.29, 0.717) is 37.4 Å². The van der Waals surface area contributed by atoms with Crippen LogP contribution in [0.1, 0.15) is 68.1 Å². The van der Waals surface area contributed by atoms with Crippen molar-refractivity contribution in [2.45, 2.75) is 63.8 Å². The van der Waals surface area contributed by atoms with Gasteiger partial charge in [-0.15, -0.1) is 0 Å². The molecule has 0 bridgehead atoms. The zero-order chi connectivity index (χ0) is 20.2.